The molecular formula is C19H24N4O3. The van der Waals surface area contributed by atoms with Crippen LogP contribution in [0.25, 0.3) is 0 Å². The van der Waals surface area contributed by atoms with Crippen molar-refractivity contribution < 1.29 is 14.3 Å². The lowest BCUT2D eigenvalue weighted by atomic mass is 9.99. The third kappa shape index (κ3) is 3.19. The number of nitrogens with zero attached hydrogens (tertiary/aromatic N) is 3. The van der Waals surface area contributed by atoms with Crippen molar-refractivity contribution in [2.45, 2.75) is 50.8 Å². The van der Waals surface area contributed by atoms with Crippen molar-refractivity contribution in [3.8, 4) is 5.75 Å². The van der Waals surface area contributed by atoms with E-state index in [1.165, 1.54) is 5.56 Å². The van der Waals surface area contributed by atoms with Crippen molar-refractivity contribution in [2.75, 3.05) is 14.2 Å². The number of fused-ring (bicyclic) bond motifs is 2. The first-order chi connectivity index (χ1) is 12.7. The van der Waals surface area contributed by atoms with E-state index in [1.54, 1.807) is 14.2 Å². The van der Waals surface area contributed by atoms with Crippen LogP contribution in [0.2, 0.25) is 0 Å². The van der Waals surface area contributed by atoms with Crippen LogP contribution in [0.4, 0.5) is 0 Å². The number of aromatic nitrogens is 3. The zero-order chi connectivity index (χ0) is 18.1. The van der Waals surface area contributed by atoms with E-state index in [2.05, 4.69) is 21.5 Å². The van der Waals surface area contributed by atoms with Crippen LogP contribution in [0.1, 0.15) is 41.5 Å². The van der Waals surface area contributed by atoms with Crippen molar-refractivity contribution in [1.29, 1.82) is 0 Å². The number of carbonyl (C=O) groups is 1. The third-order valence-electron chi connectivity index (χ3n) is 5.27. The van der Waals surface area contributed by atoms with Crippen LogP contribution in [0.15, 0.2) is 18.2 Å². The minimum Gasteiger partial charge on any atom is -0.497 e. The number of hydrogen-bond donors (Lipinski definition) is 1. The summed E-state index contributed by atoms with van der Waals surface area (Å²) in [5, 5.41) is 7.69. The molecule has 2 unspecified atom stereocenters. The first-order valence-corrected chi connectivity index (χ1v) is 9.06. The Bertz CT molecular complexity index is 817. The highest BCUT2D eigenvalue weighted by Crippen LogP contribution is 2.35. The fraction of sp³-hybridized carbons (Fsp3) is 0.526. The fourth-order valence-corrected chi connectivity index (χ4v) is 3.95. The van der Waals surface area contributed by atoms with Crippen LogP contribution >= 0.6 is 0 Å². The molecule has 1 amide bonds. The van der Waals surface area contributed by atoms with Crippen molar-refractivity contribution in [2.24, 2.45) is 0 Å². The summed E-state index contributed by atoms with van der Waals surface area (Å²) >= 11 is 0. The van der Waals surface area contributed by atoms with Gasteiger partial charge in [-0.05, 0) is 42.5 Å². The molecule has 0 saturated carbocycles. The molecule has 1 aliphatic carbocycles. The summed E-state index contributed by atoms with van der Waals surface area (Å²) in [5.74, 6) is 2.48. The Morgan fingerprint density at radius 3 is 3.00 bits per heavy atom. The highest BCUT2D eigenvalue weighted by molar-refractivity contribution is 5.85. The van der Waals surface area contributed by atoms with Gasteiger partial charge in [-0.15, -0.1) is 0 Å². The van der Waals surface area contributed by atoms with Gasteiger partial charge >= 0.3 is 0 Å². The standard InChI is InChI=1S/C19H24N4O3/c1-25-11-17-21-18-8-5-13(10-23(18)22-17)20-19(24)15-7-4-12-3-6-14(26-2)9-16(12)15/h3,6,9,13,15H,4-5,7-8,10-11H2,1-2H3,(H,20,24). The molecule has 2 atom stereocenters. The number of methoxy groups -OCH3 is 2. The van der Waals surface area contributed by atoms with Crippen molar-refractivity contribution >= 4 is 5.91 Å². The number of nitrogens with one attached hydrogen (secondary N) is 1. The Kier molecular flexibility index (Phi) is 4.63. The molecule has 1 aromatic carbocycles. The van der Waals surface area contributed by atoms with Crippen LogP contribution in [0.3, 0.4) is 0 Å². The van der Waals surface area contributed by atoms with Crippen LogP contribution in [-0.2, 0) is 35.5 Å². The molecule has 7 heteroatoms. The molecule has 1 aromatic heterocycles. The maximum absolute atomic E-state index is 12.9. The Balaban J connectivity index is 1.43. The zero-order valence-corrected chi connectivity index (χ0v) is 15.2. The number of aryl methyl sites for hydroxylation is 2. The Morgan fingerprint density at radius 2 is 2.19 bits per heavy atom. The number of amides is 1. The largest absolute Gasteiger partial charge is 0.497 e. The monoisotopic (exact) mass is 356 g/mol. The van der Waals surface area contributed by atoms with Gasteiger partial charge in [0.15, 0.2) is 5.82 Å². The SMILES string of the molecule is COCc1nc2n(n1)CC(NC(=O)C1CCc3ccc(OC)cc31)CC2. The second-order valence-electron chi connectivity index (χ2n) is 6.96. The minimum atomic E-state index is -0.0960. The molecule has 0 spiro atoms. The van der Waals surface area contributed by atoms with Crippen molar-refractivity contribution in [3.63, 3.8) is 0 Å². The van der Waals surface area contributed by atoms with E-state index in [0.29, 0.717) is 19.0 Å². The summed E-state index contributed by atoms with van der Waals surface area (Å²) < 4.78 is 12.3. The van der Waals surface area contributed by atoms with E-state index < -0.39 is 0 Å². The Labute approximate surface area is 152 Å². The summed E-state index contributed by atoms with van der Waals surface area (Å²) in [6, 6.07) is 6.12. The lowest BCUT2D eigenvalue weighted by molar-refractivity contribution is -0.123. The van der Waals surface area contributed by atoms with Gasteiger partial charge in [-0.1, -0.05) is 6.07 Å². The number of rotatable bonds is 5. The van der Waals surface area contributed by atoms with Gasteiger partial charge in [-0.25, -0.2) is 9.67 Å². The molecule has 138 valence electrons. The average Bonchev–Trinajstić information content (AvgIpc) is 3.24. The zero-order valence-electron chi connectivity index (χ0n) is 15.2. The summed E-state index contributed by atoms with van der Waals surface area (Å²) in [5.41, 5.74) is 2.35. The molecule has 2 aliphatic rings. The Hall–Kier alpha value is -2.41. The third-order valence-corrected chi connectivity index (χ3v) is 5.27. The first-order valence-electron chi connectivity index (χ1n) is 9.06. The highest BCUT2D eigenvalue weighted by atomic mass is 16.5. The van der Waals surface area contributed by atoms with Crippen molar-refractivity contribution in [1.82, 2.24) is 20.1 Å². The molecule has 1 aliphatic heterocycles. The van der Waals surface area contributed by atoms with Gasteiger partial charge in [0, 0.05) is 19.6 Å². The minimum absolute atomic E-state index is 0.0850. The van der Waals surface area contributed by atoms with Gasteiger partial charge in [0.2, 0.25) is 5.91 Å². The van der Waals surface area contributed by atoms with Crippen molar-refractivity contribution in [3.05, 3.63) is 41.0 Å². The molecular weight excluding hydrogens is 332 g/mol. The summed E-state index contributed by atoms with van der Waals surface area (Å²) in [7, 11) is 3.29. The van der Waals surface area contributed by atoms with Gasteiger partial charge in [0.1, 0.15) is 18.2 Å². The number of hydrogen-bond acceptors (Lipinski definition) is 5. The van der Waals surface area contributed by atoms with Crippen LogP contribution in [-0.4, -0.2) is 40.9 Å². The molecule has 7 nitrogen and oxygen atoms in total. The van der Waals surface area contributed by atoms with Gasteiger partial charge in [0.25, 0.3) is 0 Å². The topological polar surface area (TPSA) is 78.3 Å². The van der Waals surface area contributed by atoms with Crippen LogP contribution in [0.5, 0.6) is 5.75 Å². The predicted octanol–water partition coefficient (Wildman–Crippen LogP) is 1.59. The average molecular weight is 356 g/mol. The quantitative estimate of drug-likeness (QED) is 0.880. The normalized spacial score (nSPS) is 21.2. The lowest BCUT2D eigenvalue weighted by Gasteiger charge is -2.25. The van der Waals surface area contributed by atoms with Gasteiger partial charge in [-0.2, -0.15) is 5.10 Å². The van der Waals surface area contributed by atoms with E-state index in [4.69, 9.17) is 9.47 Å². The molecule has 4 rings (SSSR count). The Morgan fingerprint density at radius 1 is 1.31 bits per heavy atom. The molecule has 0 fully saturated rings. The molecule has 0 saturated heterocycles. The fourth-order valence-electron chi connectivity index (χ4n) is 3.95. The lowest BCUT2D eigenvalue weighted by Crippen LogP contribution is -2.43. The van der Waals surface area contributed by atoms with Crippen LogP contribution < -0.4 is 10.1 Å². The molecule has 26 heavy (non-hydrogen) atoms. The number of benzene rings is 1. The maximum Gasteiger partial charge on any atom is 0.227 e. The molecule has 0 radical (unpaired) electrons. The number of ether oxygens (including phenoxy) is 2. The summed E-state index contributed by atoms with van der Waals surface area (Å²) in [6.07, 6.45) is 3.49. The smallest absolute Gasteiger partial charge is 0.227 e. The molecule has 0 bridgehead atoms. The molecule has 2 heterocycles. The van der Waals surface area contributed by atoms with Crippen LogP contribution in [0, 0.1) is 0 Å². The highest BCUT2D eigenvalue weighted by Gasteiger charge is 2.31. The second kappa shape index (κ2) is 7.07. The van der Waals surface area contributed by atoms with Gasteiger partial charge < -0.3 is 14.8 Å². The van der Waals surface area contributed by atoms with E-state index in [-0.39, 0.29) is 17.9 Å². The van der Waals surface area contributed by atoms with E-state index >= 15 is 0 Å². The molecule has 1 N–H and O–H groups in total. The van der Waals surface area contributed by atoms with Gasteiger partial charge in [0.05, 0.1) is 19.6 Å². The van der Waals surface area contributed by atoms with E-state index in [0.717, 1.165) is 42.8 Å². The van der Waals surface area contributed by atoms with E-state index in [9.17, 15) is 4.79 Å². The first kappa shape index (κ1) is 17.0. The van der Waals surface area contributed by atoms with Gasteiger partial charge in [-0.3, -0.25) is 4.79 Å². The second-order valence-corrected chi connectivity index (χ2v) is 6.96. The predicted molar refractivity (Wildman–Crippen MR) is 95.0 cm³/mol. The maximum atomic E-state index is 12.9. The molecule has 2 aromatic rings. The van der Waals surface area contributed by atoms with E-state index in [1.807, 2.05) is 16.8 Å². The number of carbonyl (C=O) groups excluding carboxylic acids is 1. The summed E-state index contributed by atoms with van der Waals surface area (Å²) in [4.78, 5) is 17.4. The summed E-state index contributed by atoms with van der Waals surface area (Å²) in [6.45, 7) is 1.08.